The Hall–Kier alpha value is -2.97. The van der Waals surface area contributed by atoms with E-state index in [0.717, 1.165) is 5.56 Å². The molecule has 8 heteroatoms. The monoisotopic (exact) mass is 428 g/mol. The average molecular weight is 429 g/mol. The Bertz CT molecular complexity index is 1050. The van der Waals surface area contributed by atoms with Crippen molar-refractivity contribution < 1.29 is 18.0 Å². The summed E-state index contributed by atoms with van der Waals surface area (Å²) in [5, 5.41) is 5.79. The van der Waals surface area contributed by atoms with Crippen molar-refractivity contribution in [3.8, 4) is 0 Å². The Morgan fingerprint density at radius 1 is 0.828 bits per heavy atom. The highest BCUT2D eigenvalue weighted by Gasteiger charge is 2.31. The zero-order valence-electron chi connectivity index (χ0n) is 15.4. The van der Waals surface area contributed by atoms with E-state index in [-0.39, 0.29) is 18.0 Å². The Kier molecular flexibility index (Phi) is 6.79. The summed E-state index contributed by atoms with van der Waals surface area (Å²) in [6.07, 6.45) is 0. The molecule has 2 N–H and O–H groups in total. The minimum Gasteiger partial charge on any atom is -0.346 e. The molecule has 0 saturated heterocycles. The maximum atomic E-state index is 13.1. The van der Waals surface area contributed by atoms with Crippen molar-refractivity contribution in [2.24, 2.45) is 0 Å². The fourth-order valence-electron chi connectivity index (χ4n) is 2.74. The van der Waals surface area contributed by atoms with Crippen molar-refractivity contribution in [1.82, 2.24) is 10.6 Å². The standard InChI is InChI=1S/C21H20N2O4S2/c24-20(22-14-16-8-3-1-4-9-16)21(25)23-15-19(18-12-7-13-28-18)29(26,27)17-10-5-2-6-11-17/h1-13,19H,14-15H2,(H,22,24)(H,23,25)/t19-/m1/s1. The maximum absolute atomic E-state index is 13.1. The predicted molar refractivity (Wildman–Crippen MR) is 112 cm³/mol. The third-order valence-electron chi connectivity index (χ3n) is 4.26. The molecule has 0 aliphatic rings. The molecule has 2 amide bonds. The first kappa shape index (κ1) is 20.8. The summed E-state index contributed by atoms with van der Waals surface area (Å²) in [6.45, 7) is 0.0130. The van der Waals surface area contributed by atoms with Gasteiger partial charge in [0.2, 0.25) is 0 Å². The van der Waals surface area contributed by atoms with Crippen LogP contribution < -0.4 is 10.6 Å². The minimum atomic E-state index is -3.74. The largest absolute Gasteiger partial charge is 0.346 e. The molecule has 6 nitrogen and oxygen atoms in total. The number of hydrogen-bond acceptors (Lipinski definition) is 5. The summed E-state index contributed by atoms with van der Waals surface area (Å²) >= 11 is 1.29. The second-order valence-corrected chi connectivity index (χ2v) is 9.35. The Morgan fingerprint density at radius 3 is 2.07 bits per heavy atom. The van der Waals surface area contributed by atoms with Crippen molar-refractivity contribution in [1.29, 1.82) is 0 Å². The highest BCUT2D eigenvalue weighted by atomic mass is 32.2. The number of nitrogens with one attached hydrogen (secondary N) is 2. The summed E-state index contributed by atoms with van der Waals surface area (Å²) in [7, 11) is -3.74. The number of rotatable bonds is 7. The zero-order valence-corrected chi connectivity index (χ0v) is 17.1. The van der Waals surface area contributed by atoms with E-state index in [1.807, 2.05) is 30.3 Å². The fraction of sp³-hybridized carbons (Fsp3) is 0.143. The molecule has 1 atom stereocenters. The topological polar surface area (TPSA) is 92.3 Å². The maximum Gasteiger partial charge on any atom is 0.309 e. The molecule has 1 heterocycles. The SMILES string of the molecule is O=C(NCc1ccccc1)C(=O)NC[C@H](c1cccs1)S(=O)(=O)c1ccccc1. The van der Waals surface area contributed by atoms with Crippen LogP contribution >= 0.6 is 11.3 Å². The highest BCUT2D eigenvalue weighted by molar-refractivity contribution is 7.91. The molecule has 3 aromatic rings. The molecule has 150 valence electrons. The van der Waals surface area contributed by atoms with Gasteiger partial charge in [-0.1, -0.05) is 54.6 Å². The lowest BCUT2D eigenvalue weighted by atomic mass is 10.2. The van der Waals surface area contributed by atoms with Gasteiger partial charge in [0.05, 0.1) is 4.90 Å². The first-order valence-electron chi connectivity index (χ1n) is 8.91. The molecule has 0 bridgehead atoms. The zero-order chi connectivity index (χ0) is 20.7. The predicted octanol–water partition coefficient (Wildman–Crippen LogP) is 2.70. The Morgan fingerprint density at radius 2 is 1.45 bits per heavy atom. The van der Waals surface area contributed by atoms with Crippen LogP contribution in [0.3, 0.4) is 0 Å². The van der Waals surface area contributed by atoms with E-state index < -0.39 is 26.9 Å². The van der Waals surface area contributed by atoms with Gasteiger partial charge in [0.1, 0.15) is 5.25 Å². The molecule has 0 spiro atoms. The van der Waals surface area contributed by atoms with E-state index in [2.05, 4.69) is 10.6 Å². The van der Waals surface area contributed by atoms with Crippen LogP contribution in [-0.4, -0.2) is 26.8 Å². The van der Waals surface area contributed by atoms with Gasteiger partial charge in [-0.15, -0.1) is 11.3 Å². The summed E-state index contributed by atoms with van der Waals surface area (Å²) in [6, 6.07) is 20.7. The lowest BCUT2D eigenvalue weighted by Crippen LogP contribution is -2.42. The van der Waals surface area contributed by atoms with Crippen LogP contribution in [0.2, 0.25) is 0 Å². The average Bonchev–Trinajstić information content (AvgIpc) is 3.27. The van der Waals surface area contributed by atoms with Gasteiger partial charge in [0.25, 0.3) is 0 Å². The third-order valence-corrected chi connectivity index (χ3v) is 7.49. The van der Waals surface area contributed by atoms with E-state index in [9.17, 15) is 18.0 Å². The van der Waals surface area contributed by atoms with Gasteiger partial charge in [0.15, 0.2) is 9.84 Å². The molecule has 0 unspecified atom stereocenters. The van der Waals surface area contributed by atoms with Crippen LogP contribution in [0.15, 0.2) is 83.1 Å². The molecule has 0 saturated carbocycles. The molecular formula is C21H20N2O4S2. The van der Waals surface area contributed by atoms with Gasteiger partial charge >= 0.3 is 11.8 Å². The van der Waals surface area contributed by atoms with Gasteiger partial charge < -0.3 is 10.6 Å². The van der Waals surface area contributed by atoms with Crippen LogP contribution in [0.1, 0.15) is 15.7 Å². The number of benzene rings is 2. The molecular weight excluding hydrogens is 408 g/mol. The van der Waals surface area contributed by atoms with Gasteiger partial charge in [0, 0.05) is 18.0 Å². The highest BCUT2D eigenvalue weighted by Crippen LogP contribution is 2.31. The van der Waals surface area contributed by atoms with E-state index in [1.165, 1.54) is 23.5 Å². The molecule has 0 aliphatic carbocycles. The number of hydrogen-bond donors (Lipinski definition) is 2. The van der Waals surface area contributed by atoms with Crippen molar-refractivity contribution in [3.63, 3.8) is 0 Å². The smallest absolute Gasteiger partial charge is 0.309 e. The van der Waals surface area contributed by atoms with E-state index >= 15 is 0 Å². The van der Waals surface area contributed by atoms with Gasteiger partial charge in [-0.05, 0) is 29.1 Å². The molecule has 2 aromatic carbocycles. The van der Waals surface area contributed by atoms with Crippen LogP contribution in [0.25, 0.3) is 0 Å². The first-order chi connectivity index (χ1) is 14.0. The Balaban J connectivity index is 1.67. The van der Waals surface area contributed by atoms with Crippen LogP contribution in [0.4, 0.5) is 0 Å². The normalized spacial score (nSPS) is 12.1. The molecule has 1 aromatic heterocycles. The lowest BCUT2D eigenvalue weighted by Gasteiger charge is -2.17. The second-order valence-electron chi connectivity index (χ2n) is 6.24. The number of sulfone groups is 1. The first-order valence-corrected chi connectivity index (χ1v) is 11.3. The van der Waals surface area contributed by atoms with Crippen molar-refractivity contribution >= 4 is 33.0 Å². The molecule has 0 radical (unpaired) electrons. The summed E-state index contributed by atoms with van der Waals surface area (Å²) in [4.78, 5) is 25.0. The lowest BCUT2D eigenvalue weighted by molar-refractivity contribution is -0.139. The number of carbonyl (C=O) groups excluding carboxylic acids is 2. The molecule has 3 rings (SSSR count). The number of thiophene rings is 1. The van der Waals surface area contributed by atoms with Crippen LogP contribution in [-0.2, 0) is 26.0 Å². The van der Waals surface area contributed by atoms with Crippen molar-refractivity contribution in [2.75, 3.05) is 6.54 Å². The Labute approximate surface area is 173 Å². The second kappa shape index (κ2) is 9.49. The summed E-state index contributed by atoms with van der Waals surface area (Å²) < 4.78 is 26.2. The van der Waals surface area contributed by atoms with Gasteiger partial charge in [-0.25, -0.2) is 8.42 Å². The van der Waals surface area contributed by atoms with Gasteiger partial charge in [-0.2, -0.15) is 0 Å². The number of amides is 2. The minimum absolute atomic E-state index is 0.168. The van der Waals surface area contributed by atoms with Crippen molar-refractivity contribution in [2.45, 2.75) is 16.7 Å². The third kappa shape index (κ3) is 5.30. The summed E-state index contributed by atoms with van der Waals surface area (Å²) in [5.74, 6) is -1.68. The summed E-state index contributed by atoms with van der Waals surface area (Å²) in [5.41, 5.74) is 0.858. The quantitative estimate of drug-likeness (QED) is 0.566. The van der Waals surface area contributed by atoms with Crippen LogP contribution in [0, 0.1) is 0 Å². The van der Waals surface area contributed by atoms with Crippen LogP contribution in [0.5, 0.6) is 0 Å². The van der Waals surface area contributed by atoms with E-state index in [0.29, 0.717) is 4.88 Å². The molecule has 29 heavy (non-hydrogen) atoms. The molecule has 0 aliphatic heterocycles. The molecule has 0 fully saturated rings. The van der Waals surface area contributed by atoms with E-state index in [1.54, 1.807) is 35.7 Å². The van der Waals surface area contributed by atoms with E-state index in [4.69, 9.17) is 0 Å². The fourth-order valence-corrected chi connectivity index (χ4v) is 5.54. The van der Waals surface area contributed by atoms with Gasteiger partial charge in [-0.3, -0.25) is 9.59 Å². The van der Waals surface area contributed by atoms with Crippen molar-refractivity contribution in [3.05, 3.63) is 88.6 Å². The number of carbonyl (C=O) groups is 2.